The number of halogens is 2. The first-order valence-electron chi connectivity index (χ1n) is 13.0. The second-order valence-electron chi connectivity index (χ2n) is 10.6. The van der Waals surface area contributed by atoms with E-state index in [2.05, 4.69) is 30.7 Å². The summed E-state index contributed by atoms with van der Waals surface area (Å²) >= 11 is 0. The number of amides is 2. The van der Waals surface area contributed by atoms with Gasteiger partial charge < -0.3 is 9.64 Å². The number of carbonyl (C=O) groups is 2. The molecule has 1 aromatic carbocycles. The van der Waals surface area contributed by atoms with Crippen LogP contribution in [0.1, 0.15) is 45.2 Å². The molecule has 3 aromatic heterocycles. The summed E-state index contributed by atoms with van der Waals surface area (Å²) in [5, 5.41) is 12.9. The van der Waals surface area contributed by atoms with Crippen LogP contribution >= 0.6 is 0 Å². The number of pyridine rings is 1. The lowest BCUT2D eigenvalue weighted by atomic mass is 10.1. The number of aromatic nitrogens is 6. The minimum atomic E-state index is -3.82. The van der Waals surface area contributed by atoms with Crippen LogP contribution < -0.4 is 10.9 Å². The lowest BCUT2D eigenvalue weighted by Gasteiger charge is -2.33. The Hall–Kier alpha value is -4.75. The zero-order chi connectivity index (χ0) is 29.2. The molecule has 14 heteroatoms. The molecule has 4 heterocycles. The summed E-state index contributed by atoms with van der Waals surface area (Å²) < 4.78 is 36.8. The normalized spacial score (nSPS) is 14.6. The predicted octanol–water partition coefficient (Wildman–Crippen LogP) is 4.09. The van der Waals surface area contributed by atoms with E-state index >= 15 is 0 Å². The van der Waals surface area contributed by atoms with Gasteiger partial charge in [-0.15, -0.1) is 10.2 Å². The standard InChI is InChI=1S/C27H29F2N9O3/c1-26(2,3)41-25(40)37-11-8-20(9-12-37)38-16-18(14-32-38)22-15-31-24(35-33-22)36-34-23(39)27(28,29)19-6-7-21-17(13-19)5-4-10-30-21/h4-7,10,13-16,20H,8-9,11-12H2,1-3H3,(H,34,39)(H,31,35,36). The number of rotatable bonds is 6. The smallest absolute Gasteiger partial charge is 0.410 e. The Morgan fingerprint density at radius 1 is 1.05 bits per heavy atom. The van der Waals surface area contributed by atoms with Crippen LogP contribution in [0.15, 0.2) is 55.1 Å². The molecule has 214 valence electrons. The molecule has 0 bridgehead atoms. The van der Waals surface area contributed by atoms with Crippen molar-refractivity contribution in [2.45, 2.75) is 51.2 Å². The molecule has 0 saturated carbocycles. The summed E-state index contributed by atoms with van der Waals surface area (Å²) in [7, 11) is 0. The third-order valence-electron chi connectivity index (χ3n) is 6.49. The topological polar surface area (TPSA) is 140 Å². The van der Waals surface area contributed by atoms with Gasteiger partial charge in [0.2, 0.25) is 0 Å². The summed E-state index contributed by atoms with van der Waals surface area (Å²) in [6.45, 7) is 6.62. The Kier molecular flexibility index (Phi) is 7.47. The van der Waals surface area contributed by atoms with Gasteiger partial charge >= 0.3 is 17.9 Å². The van der Waals surface area contributed by atoms with Crippen LogP contribution in [0.4, 0.5) is 19.5 Å². The first kappa shape index (κ1) is 27.8. The number of nitrogens with one attached hydrogen (secondary N) is 2. The third kappa shape index (κ3) is 6.36. The van der Waals surface area contributed by atoms with Crippen LogP contribution in [0, 0.1) is 0 Å². The highest BCUT2D eigenvalue weighted by Gasteiger charge is 2.41. The van der Waals surface area contributed by atoms with Crippen LogP contribution in [-0.2, 0) is 15.5 Å². The van der Waals surface area contributed by atoms with Gasteiger partial charge in [-0.2, -0.15) is 13.9 Å². The summed E-state index contributed by atoms with van der Waals surface area (Å²) in [5.74, 6) is -5.56. The van der Waals surface area contributed by atoms with Crippen LogP contribution in [0.25, 0.3) is 22.2 Å². The predicted molar refractivity (Wildman–Crippen MR) is 145 cm³/mol. The largest absolute Gasteiger partial charge is 0.444 e. The number of ether oxygens (including phenoxy) is 1. The molecule has 0 radical (unpaired) electrons. The number of anilines is 1. The summed E-state index contributed by atoms with van der Waals surface area (Å²) in [4.78, 5) is 34.4. The van der Waals surface area contributed by atoms with Gasteiger partial charge in [-0.3, -0.25) is 25.3 Å². The van der Waals surface area contributed by atoms with Gasteiger partial charge in [0.05, 0.1) is 24.0 Å². The molecule has 0 aliphatic carbocycles. The van der Waals surface area contributed by atoms with E-state index in [4.69, 9.17) is 4.74 Å². The molecule has 1 aliphatic rings. The number of alkyl halides is 2. The van der Waals surface area contributed by atoms with Gasteiger partial charge in [0.15, 0.2) is 0 Å². The zero-order valence-electron chi connectivity index (χ0n) is 22.7. The van der Waals surface area contributed by atoms with E-state index in [1.807, 2.05) is 37.1 Å². The molecule has 0 spiro atoms. The molecule has 2 amide bonds. The van der Waals surface area contributed by atoms with E-state index in [9.17, 15) is 18.4 Å². The van der Waals surface area contributed by atoms with Crippen molar-refractivity contribution in [2.75, 3.05) is 18.5 Å². The summed E-state index contributed by atoms with van der Waals surface area (Å²) in [6.07, 6.45) is 7.50. The maximum absolute atomic E-state index is 14.8. The number of nitrogens with zero attached hydrogens (tertiary/aromatic N) is 7. The van der Waals surface area contributed by atoms with Gasteiger partial charge in [0, 0.05) is 42.0 Å². The number of piperidine rings is 1. The van der Waals surface area contributed by atoms with E-state index in [0.29, 0.717) is 48.1 Å². The fourth-order valence-electron chi connectivity index (χ4n) is 4.37. The average molecular weight is 566 g/mol. The highest BCUT2D eigenvalue weighted by molar-refractivity contribution is 5.88. The number of carbonyl (C=O) groups excluding carboxylic acids is 2. The molecule has 1 aliphatic heterocycles. The minimum absolute atomic E-state index is 0.0973. The van der Waals surface area contributed by atoms with Crippen LogP contribution in [-0.4, -0.2) is 65.5 Å². The third-order valence-corrected chi connectivity index (χ3v) is 6.49. The van der Waals surface area contributed by atoms with E-state index < -0.39 is 23.0 Å². The fraction of sp³-hybridized carbons (Fsp3) is 0.370. The monoisotopic (exact) mass is 565 g/mol. The van der Waals surface area contributed by atoms with E-state index in [-0.39, 0.29) is 18.1 Å². The first-order chi connectivity index (χ1) is 19.5. The van der Waals surface area contributed by atoms with E-state index in [1.54, 1.807) is 29.4 Å². The number of benzene rings is 1. The molecule has 12 nitrogen and oxygen atoms in total. The molecule has 5 rings (SSSR count). The second-order valence-corrected chi connectivity index (χ2v) is 10.6. The number of likely N-dealkylation sites (tertiary alicyclic amines) is 1. The van der Waals surface area contributed by atoms with Crippen molar-refractivity contribution >= 4 is 28.9 Å². The molecule has 0 unspecified atom stereocenters. The summed E-state index contributed by atoms with van der Waals surface area (Å²) in [5.41, 5.74) is 4.82. The number of hydrogen-bond donors (Lipinski definition) is 2. The lowest BCUT2D eigenvalue weighted by Crippen LogP contribution is -2.42. The highest BCUT2D eigenvalue weighted by Crippen LogP contribution is 2.30. The molecule has 0 atom stereocenters. The van der Waals surface area contributed by atoms with Crippen molar-refractivity contribution in [2.24, 2.45) is 0 Å². The Bertz CT molecular complexity index is 1550. The SMILES string of the molecule is CC(C)(C)OC(=O)N1CCC(n2cc(-c3cnc(NNC(=O)C(F)(F)c4ccc5ncccc5c4)nn3)cn2)CC1. The Labute approximate surface area is 234 Å². The Balaban J connectivity index is 1.15. The van der Waals surface area contributed by atoms with Crippen molar-refractivity contribution in [3.8, 4) is 11.3 Å². The van der Waals surface area contributed by atoms with Gasteiger partial charge in [0.1, 0.15) is 11.3 Å². The molecule has 4 aromatic rings. The van der Waals surface area contributed by atoms with Crippen molar-refractivity contribution in [3.05, 3.63) is 60.7 Å². The fourth-order valence-corrected chi connectivity index (χ4v) is 4.37. The van der Waals surface area contributed by atoms with Gasteiger partial charge in [-0.25, -0.2) is 9.78 Å². The molecule has 1 fully saturated rings. The van der Waals surface area contributed by atoms with Crippen LogP contribution in [0.5, 0.6) is 0 Å². The lowest BCUT2D eigenvalue weighted by molar-refractivity contribution is -0.146. The Morgan fingerprint density at radius 2 is 1.83 bits per heavy atom. The number of hydrazine groups is 1. The molecular formula is C27H29F2N9O3. The maximum atomic E-state index is 14.8. The first-order valence-corrected chi connectivity index (χ1v) is 13.0. The van der Waals surface area contributed by atoms with Crippen molar-refractivity contribution < 1.29 is 23.1 Å². The number of fused-ring (bicyclic) bond motifs is 1. The van der Waals surface area contributed by atoms with Crippen molar-refractivity contribution in [1.82, 2.24) is 40.3 Å². The average Bonchev–Trinajstić information content (AvgIpc) is 3.45. The highest BCUT2D eigenvalue weighted by atomic mass is 19.3. The molecule has 41 heavy (non-hydrogen) atoms. The maximum Gasteiger partial charge on any atom is 0.410 e. The summed E-state index contributed by atoms with van der Waals surface area (Å²) in [6, 6.07) is 7.17. The van der Waals surface area contributed by atoms with Crippen LogP contribution in [0.2, 0.25) is 0 Å². The van der Waals surface area contributed by atoms with Crippen molar-refractivity contribution in [1.29, 1.82) is 0 Å². The van der Waals surface area contributed by atoms with Gasteiger partial charge in [0.25, 0.3) is 5.95 Å². The zero-order valence-corrected chi connectivity index (χ0v) is 22.7. The molecule has 2 N–H and O–H groups in total. The Morgan fingerprint density at radius 3 is 2.54 bits per heavy atom. The van der Waals surface area contributed by atoms with Gasteiger partial charge in [-0.1, -0.05) is 12.1 Å². The minimum Gasteiger partial charge on any atom is -0.444 e. The quantitative estimate of drug-likeness (QED) is 0.331. The van der Waals surface area contributed by atoms with E-state index in [0.717, 1.165) is 6.07 Å². The van der Waals surface area contributed by atoms with Crippen molar-refractivity contribution in [3.63, 3.8) is 0 Å². The molecule has 1 saturated heterocycles. The van der Waals surface area contributed by atoms with Crippen LogP contribution in [0.3, 0.4) is 0 Å². The second kappa shape index (κ2) is 11.0. The number of hydrogen-bond acceptors (Lipinski definition) is 9. The van der Waals surface area contributed by atoms with E-state index in [1.165, 1.54) is 18.3 Å². The van der Waals surface area contributed by atoms with Gasteiger partial charge in [-0.05, 0) is 51.8 Å². The molecular weight excluding hydrogens is 536 g/mol.